The van der Waals surface area contributed by atoms with Gasteiger partial charge in [0.15, 0.2) is 0 Å². The molecule has 1 saturated heterocycles. The van der Waals surface area contributed by atoms with Crippen LogP contribution < -0.4 is 20.5 Å². The van der Waals surface area contributed by atoms with Gasteiger partial charge in [0.2, 0.25) is 11.8 Å². The van der Waals surface area contributed by atoms with Crippen LogP contribution in [0.25, 0.3) is 0 Å². The van der Waals surface area contributed by atoms with E-state index in [-0.39, 0.29) is 18.9 Å². The van der Waals surface area contributed by atoms with Gasteiger partial charge in [0.25, 0.3) is 5.91 Å². The zero-order chi connectivity index (χ0) is 20.1. The Labute approximate surface area is 163 Å². The lowest BCUT2D eigenvalue weighted by atomic mass is 10.1. The molecule has 1 fully saturated rings. The van der Waals surface area contributed by atoms with Crippen LogP contribution in [0.3, 0.4) is 0 Å². The molecule has 0 bridgehead atoms. The second-order valence-electron chi connectivity index (χ2n) is 6.60. The van der Waals surface area contributed by atoms with Crippen LogP contribution in [0.1, 0.15) is 29.3 Å². The number of rotatable bonds is 5. The SMILES string of the molecule is CCc1ccc(N2C[C@H](C(=O)NNC(=O)c3cccc(OC)c3)CC2=O)cc1. The third-order valence-corrected chi connectivity index (χ3v) is 4.78. The summed E-state index contributed by atoms with van der Waals surface area (Å²) in [6.45, 7) is 2.35. The van der Waals surface area contributed by atoms with Crippen LogP contribution in [0.15, 0.2) is 48.5 Å². The number of methoxy groups -OCH3 is 1. The van der Waals surface area contributed by atoms with Gasteiger partial charge in [-0.3, -0.25) is 25.2 Å². The van der Waals surface area contributed by atoms with E-state index in [0.29, 0.717) is 11.3 Å². The van der Waals surface area contributed by atoms with E-state index < -0.39 is 17.7 Å². The maximum absolute atomic E-state index is 12.4. The molecule has 0 saturated carbocycles. The first-order chi connectivity index (χ1) is 13.5. The zero-order valence-electron chi connectivity index (χ0n) is 15.9. The smallest absolute Gasteiger partial charge is 0.269 e. The predicted octanol–water partition coefficient (Wildman–Crippen LogP) is 2.07. The highest BCUT2D eigenvalue weighted by Crippen LogP contribution is 2.25. The van der Waals surface area contributed by atoms with Crippen molar-refractivity contribution in [1.29, 1.82) is 0 Å². The summed E-state index contributed by atoms with van der Waals surface area (Å²) in [5.74, 6) is -0.932. The van der Waals surface area contributed by atoms with E-state index in [1.165, 1.54) is 12.7 Å². The highest BCUT2D eigenvalue weighted by Gasteiger charge is 2.35. The zero-order valence-corrected chi connectivity index (χ0v) is 15.9. The molecule has 7 nitrogen and oxygen atoms in total. The van der Waals surface area contributed by atoms with Gasteiger partial charge in [-0.05, 0) is 42.3 Å². The van der Waals surface area contributed by atoms with Gasteiger partial charge in [-0.1, -0.05) is 25.1 Å². The Morgan fingerprint density at radius 1 is 1.14 bits per heavy atom. The van der Waals surface area contributed by atoms with Crippen molar-refractivity contribution in [3.05, 3.63) is 59.7 Å². The summed E-state index contributed by atoms with van der Waals surface area (Å²) in [5, 5.41) is 0. The molecule has 0 aliphatic carbocycles. The average molecular weight is 381 g/mol. The van der Waals surface area contributed by atoms with Crippen LogP contribution >= 0.6 is 0 Å². The van der Waals surface area contributed by atoms with Crippen molar-refractivity contribution < 1.29 is 19.1 Å². The van der Waals surface area contributed by atoms with E-state index in [2.05, 4.69) is 17.8 Å². The summed E-state index contributed by atoms with van der Waals surface area (Å²) in [6, 6.07) is 14.3. The third-order valence-electron chi connectivity index (χ3n) is 4.78. The van der Waals surface area contributed by atoms with E-state index in [4.69, 9.17) is 4.74 Å². The summed E-state index contributed by atoms with van der Waals surface area (Å²) in [7, 11) is 1.51. The fraction of sp³-hybridized carbons (Fsp3) is 0.286. The highest BCUT2D eigenvalue weighted by molar-refractivity contribution is 6.01. The Bertz CT molecular complexity index is 879. The molecule has 3 amide bonds. The normalized spacial score (nSPS) is 16.0. The van der Waals surface area contributed by atoms with Crippen molar-refractivity contribution in [3.63, 3.8) is 0 Å². The fourth-order valence-electron chi connectivity index (χ4n) is 3.10. The monoisotopic (exact) mass is 381 g/mol. The van der Waals surface area contributed by atoms with Gasteiger partial charge in [-0.2, -0.15) is 0 Å². The number of nitrogens with one attached hydrogen (secondary N) is 2. The van der Waals surface area contributed by atoms with Gasteiger partial charge in [-0.25, -0.2) is 0 Å². The molecule has 0 unspecified atom stereocenters. The quantitative estimate of drug-likeness (QED) is 0.776. The molecule has 3 rings (SSSR count). The van der Waals surface area contributed by atoms with Crippen molar-refractivity contribution in [2.75, 3.05) is 18.6 Å². The minimum atomic E-state index is -0.524. The molecular formula is C21H23N3O4. The first-order valence-corrected chi connectivity index (χ1v) is 9.15. The van der Waals surface area contributed by atoms with Gasteiger partial charge in [0, 0.05) is 24.2 Å². The standard InChI is InChI=1S/C21H23N3O4/c1-3-14-7-9-17(10-8-14)24-13-16(12-19(24)25)21(27)23-22-20(26)15-5-4-6-18(11-15)28-2/h4-11,16H,3,12-13H2,1-2H3,(H,22,26)(H,23,27)/t16-/m1/s1. The molecule has 28 heavy (non-hydrogen) atoms. The topological polar surface area (TPSA) is 87.7 Å². The fourth-order valence-corrected chi connectivity index (χ4v) is 3.10. The molecule has 7 heteroatoms. The Morgan fingerprint density at radius 3 is 2.57 bits per heavy atom. The Balaban J connectivity index is 1.57. The number of amides is 3. The number of nitrogens with zero attached hydrogens (tertiary/aromatic N) is 1. The minimum Gasteiger partial charge on any atom is -0.497 e. The molecule has 0 spiro atoms. The third kappa shape index (κ3) is 4.31. The maximum atomic E-state index is 12.4. The number of carbonyl (C=O) groups is 3. The molecule has 0 radical (unpaired) electrons. The Kier molecular flexibility index (Phi) is 5.93. The molecule has 1 heterocycles. The van der Waals surface area contributed by atoms with Gasteiger partial charge in [0.05, 0.1) is 13.0 Å². The lowest BCUT2D eigenvalue weighted by Crippen LogP contribution is -2.45. The number of benzene rings is 2. The van der Waals surface area contributed by atoms with E-state index in [9.17, 15) is 14.4 Å². The van der Waals surface area contributed by atoms with E-state index in [0.717, 1.165) is 12.1 Å². The Hall–Kier alpha value is -3.35. The predicted molar refractivity (Wildman–Crippen MR) is 105 cm³/mol. The molecule has 2 aromatic carbocycles. The summed E-state index contributed by atoms with van der Waals surface area (Å²) < 4.78 is 5.08. The van der Waals surface area contributed by atoms with Crippen LogP contribution in [-0.4, -0.2) is 31.4 Å². The van der Waals surface area contributed by atoms with Crippen LogP contribution in [0, 0.1) is 5.92 Å². The van der Waals surface area contributed by atoms with Crippen molar-refractivity contribution in [1.82, 2.24) is 10.9 Å². The number of carbonyl (C=O) groups excluding carboxylic acids is 3. The van der Waals surface area contributed by atoms with E-state index in [1.807, 2.05) is 24.3 Å². The van der Waals surface area contributed by atoms with Gasteiger partial charge >= 0.3 is 0 Å². The maximum Gasteiger partial charge on any atom is 0.269 e. The molecule has 1 aliphatic heterocycles. The highest BCUT2D eigenvalue weighted by atomic mass is 16.5. The molecule has 2 N–H and O–H groups in total. The molecule has 0 aromatic heterocycles. The Morgan fingerprint density at radius 2 is 1.89 bits per heavy atom. The summed E-state index contributed by atoms with van der Waals surface area (Å²) in [5.41, 5.74) is 7.12. The largest absolute Gasteiger partial charge is 0.497 e. The van der Waals surface area contributed by atoms with Crippen LogP contribution in [0.4, 0.5) is 5.69 Å². The number of hydrogen-bond acceptors (Lipinski definition) is 4. The van der Waals surface area contributed by atoms with Crippen LogP contribution in [0.5, 0.6) is 5.75 Å². The first kappa shape index (κ1) is 19.4. The number of hydrazine groups is 1. The van der Waals surface area contributed by atoms with Crippen molar-refractivity contribution in [2.45, 2.75) is 19.8 Å². The summed E-state index contributed by atoms with van der Waals surface area (Å²) in [6.07, 6.45) is 1.03. The number of aryl methyl sites for hydroxylation is 1. The number of ether oxygens (including phenoxy) is 1. The number of anilines is 1. The summed E-state index contributed by atoms with van der Waals surface area (Å²) >= 11 is 0. The van der Waals surface area contributed by atoms with Gasteiger partial charge in [0.1, 0.15) is 5.75 Å². The molecular weight excluding hydrogens is 358 g/mol. The van der Waals surface area contributed by atoms with Crippen molar-refractivity contribution in [2.24, 2.45) is 5.92 Å². The second-order valence-corrected chi connectivity index (χ2v) is 6.60. The van der Waals surface area contributed by atoms with E-state index >= 15 is 0 Å². The minimum absolute atomic E-state index is 0.108. The van der Waals surface area contributed by atoms with Crippen LogP contribution in [0.2, 0.25) is 0 Å². The number of hydrogen-bond donors (Lipinski definition) is 2. The van der Waals surface area contributed by atoms with E-state index in [1.54, 1.807) is 29.2 Å². The first-order valence-electron chi connectivity index (χ1n) is 9.15. The molecule has 1 atom stereocenters. The summed E-state index contributed by atoms with van der Waals surface area (Å²) in [4.78, 5) is 38.5. The lowest BCUT2D eigenvalue weighted by molar-refractivity contribution is -0.126. The van der Waals surface area contributed by atoms with Crippen molar-refractivity contribution >= 4 is 23.4 Å². The van der Waals surface area contributed by atoms with Crippen molar-refractivity contribution in [3.8, 4) is 5.75 Å². The second kappa shape index (κ2) is 8.56. The van der Waals surface area contributed by atoms with Crippen LogP contribution in [-0.2, 0) is 16.0 Å². The van der Waals surface area contributed by atoms with Gasteiger partial charge in [-0.15, -0.1) is 0 Å². The van der Waals surface area contributed by atoms with Gasteiger partial charge < -0.3 is 9.64 Å². The molecule has 146 valence electrons. The molecule has 1 aliphatic rings. The molecule has 2 aromatic rings. The lowest BCUT2D eigenvalue weighted by Gasteiger charge is -2.17. The average Bonchev–Trinajstić information content (AvgIpc) is 3.13.